The normalized spacial score (nSPS) is 15.2. The molecule has 1 aliphatic carbocycles. The van der Waals surface area contributed by atoms with Gasteiger partial charge in [0, 0.05) is 29.8 Å². The van der Waals surface area contributed by atoms with Gasteiger partial charge in [-0.3, -0.25) is 24.7 Å². The number of nitrogens with two attached hydrogens (primary N) is 1. The summed E-state index contributed by atoms with van der Waals surface area (Å²) in [7, 11) is 1.27. The maximum Gasteiger partial charge on any atom is 0.417 e. The quantitative estimate of drug-likeness (QED) is 0.0675. The topological polar surface area (TPSA) is 127 Å². The molecule has 0 aliphatic heterocycles. The summed E-state index contributed by atoms with van der Waals surface area (Å²) in [5.41, 5.74) is 4.87. The molecule has 5 rings (SSSR count). The zero-order chi connectivity index (χ0) is 37.1. The van der Waals surface area contributed by atoms with Gasteiger partial charge in [-0.15, -0.1) is 0 Å². The lowest BCUT2D eigenvalue weighted by atomic mass is 10.0. The summed E-state index contributed by atoms with van der Waals surface area (Å²) in [6.45, 7) is -1.28. The van der Waals surface area contributed by atoms with Crippen molar-refractivity contribution in [1.82, 2.24) is 19.7 Å². The molecule has 0 saturated heterocycles. The minimum absolute atomic E-state index is 0.0197. The summed E-state index contributed by atoms with van der Waals surface area (Å²) >= 11 is 6.37. The molecular weight excluding hydrogens is 711 g/mol. The molecule has 51 heavy (non-hydrogen) atoms. The minimum Gasteiger partial charge on any atom is -0.369 e. The molecule has 1 amide bonds. The van der Waals surface area contributed by atoms with Crippen LogP contribution in [-0.4, -0.2) is 83.0 Å². The Bertz CT molecular complexity index is 1960. The molecule has 0 spiro atoms. The number of fused-ring (bicyclic) bond motifs is 1. The SMILES string of the molecule is C=N/C=N\N(CC(F)F)c1cc([C@@H](COC2(C(F)(F)F)CC2)N(C(=O)c2ccc3nc(-c4cnn(C(F)F)c4)ccc3c2)C(N)=NC)ccc1Cl. The van der Waals surface area contributed by atoms with E-state index < -0.39 is 55.8 Å². The lowest BCUT2D eigenvalue weighted by molar-refractivity contribution is -0.238. The number of benzene rings is 2. The van der Waals surface area contributed by atoms with Gasteiger partial charge in [-0.05, 0) is 61.5 Å². The lowest BCUT2D eigenvalue weighted by Gasteiger charge is -2.33. The Morgan fingerprint density at radius 2 is 1.90 bits per heavy atom. The summed E-state index contributed by atoms with van der Waals surface area (Å²) in [5.74, 6) is -1.20. The third-order valence-electron chi connectivity index (χ3n) is 7.99. The number of hydrazone groups is 1. The maximum absolute atomic E-state index is 14.3. The van der Waals surface area contributed by atoms with E-state index in [2.05, 4.69) is 31.9 Å². The third kappa shape index (κ3) is 8.12. The smallest absolute Gasteiger partial charge is 0.369 e. The monoisotopic (exact) mass is 739 g/mol. The molecule has 0 bridgehead atoms. The van der Waals surface area contributed by atoms with Crippen molar-refractivity contribution < 1.29 is 40.3 Å². The average molecular weight is 740 g/mol. The summed E-state index contributed by atoms with van der Waals surface area (Å²) in [6, 6.07) is 10.0. The number of aliphatic imine (C=N–C) groups is 2. The Labute approximate surface area is 290 Å². The van der Waals surface area contributed by atoms with E-state index in [4.69, 9.17) is 22.1 Å². The van der Waals surface area contributed by atoms with Gasteiger partial charge in [0.25, 0.3) is 12.3 Å². The van der Waals surface area contributed by atoms with Crippen molar-refractivity contribution >= 4 is 53.1 Å². The van der Waals surface area contributed by atoms with E-state index in [1.807, 2.05) is 0 Å². The largest absolute Gasteiger partial charge is 0.417 e. The van der Waals surface area contributed by atoms with Crippen molar-refractivity contribution in [3.05, 3.63) is 77.1 Å². The van der Waals surface area contributed by atoms with Gasteiger partial charge in [0.1, 0.15) is 12.9 Å². The van der Waals surface area contributed by atoms with Crippen LogP contribution in [0.4, 0.5) is 36.4 Å². The van der Waals surface area contributed by atoms with Gasteiger partial charge in [0.15, 0.2) is 11.6 Å². The molecule has 2 aromatic heterocycles. The van der Waals surface area contributed by atoms with E-state index in [1.54, 1.807) is 6.07 Å². The molecule has 1 atom stereocenters. The predicted molar refractivity (Wildman–Crippen MR) is 177 cm³/mol. The predicted octanol–water partition coefficient (Wildman–Crippen LogP) is 7.10. The average Bonchev–Trinajstić information content (AvgIpc) is 3.74. The molecule has 2 aromatic carbocycles. The van der Waals surface area contributed by atoms with E-state index in [0.29, 0.717) is 26.8 Å². The minimum atomic E-state index is -4.72. The summed E-state index contributed by atoms with van der Waals surface area (Å²) in [4.78, 5) is 27.1. The van der Waals surface area contributed by atoms with Crippen LogP contribution in [0.2, 0.25) is 5.02 Å². The number of halogens is 8. The highest BCUT2D eigenvalue weighted by Crippen LogP contribution is 2.52. The van der Waals surface area contributed by atoms with Crippen LogP contribution >= 0.6 is 11.6 Å². The van der Waals surface area contributed by atoms with Crippen molar-refractivity contribution in [2.45, 2.75) is 43.6 Å². The number of rotatable bonds is 13. The number of nitrogens with zero attached hydrogens (tertiary/aromatic N) is 8. The van der Waals surface area contributed by atoms with Gasteiger partial charge >= 0.3 is 12.7 Å². The third-order valence-corrected chi connectivity index (χ3v) is 8.31. The second-order valence-corrected chi connectivity index (χ2v) is 11.7. The first-order chi connectivity index (χ1) is 24.2. The molecular formula is C32H29ClF7N9O2. The van der Waals surface area contributed by atoms with Crippen LogP contribution in [0.1, 0.15) is 41.4 Å². The van der Waals surface area contributed by atoms with Crippen LogP contribution in [0, 0.1) is 0 Å². The van der Waals surface area contributed by atoms with Gasteiger partial charge < -0.3 is 10.5 Å². The number of hydrogen-bond acceptors (Lipinski definition) is 7. The number of carbonyl (C=O) groups excluding carboxylic acids is 1. The Morgan fingerprint density at radius 1 is 1.16 bits per heavy atom. The first-order valence-corrected chi connectivity index (χ1v) is 15.4. The Balaban J connectivity index is 1.56. The standard InChI is InChI=1S/C32H29ClF7N9O2/c1-42-17-45-47(15-27(34)35)25-12-19(3-6-22(25)33)26(16-51-31(9-10-31)32(38,39)40)49(30(41)43-2)28(50)20-5-8-23-18(11-20)4-7-24(46-23)21-13-44-48(14-21)29(36)37/h3-8,11-14,17,26-27,29H,1,9-10,15-16H2,2H3,(H2,41,43)/b45-17-/t26-/m1/s1. The highest BCUT2D eigenvalue weighted by atomic mass is 35.5. The molecule has 19 heteroatoms. The number of anilines is 1. The Hall–Kier alpha value is -5.10. The molecule has 4 aromatic rings. The van der Waals surface area contributed by atoms with E-state index in [9.17, 15) is 35.5 Å². The first-order valence-electron chi connectivity index (χ1n) is 15.0. The van der Waals surface area contributed by atoms with E-state index in [0.717, 1.165) is 22.4 Å². The molecule has 11 nitrogen and oxygen atoms in total. The van der Waals surface area contributed by atoms with Crippen LogP contribution in [0.5, 0.6) is 0 Å². The van der Waals surface area contributed by atoms with Crippen molar-refractivity contribution in [2.24, 2.45) is 20.8 Å². The van der Waals surface area contributed by atoms with Gasteiger partial charge in [-0.2, -0.15) is 32.2 Å². The molecule has 0 radical (unpaired) electrons. The molecule has 1 saturated carbocycles. The van der Waals surface area contributed by atoms with Gasteiger partial charge in [-0.1, -0.05) is 23.7 Å². The number of amides is 1. The molecule has 0 unspecified atom stereocenters. The van der Waals surface area contributed by atoms with E-state index in [-0.39, 0.29) is 34.7 Å². The number of aromatic nitrogens is 3. The van der Waals surface area contributed by atoms with Crippen molar-refractivity contribution in [3.8, 4) is 11.3 Å². The zero-order valence-electron chi connectivity index (χ0n) is 26.6. The molecule has 270 valence electrons. The molecule has 1 fully saturated rings. The Kier molecular flexibility index (Phi) is 10.9. The maximum atomic E-state index is 14.3. The van der Waals surface area contributed by atoms with Crippen molar-refractivity contribution in [3.63, 3.8) is 0 Å². The second kappa shape index (κ2) is 15.0. The highest BCUT2D eigenvalue weighted by molar-refractivity contribution is 6.33. The van der Waals surface area contributed by atoms with Gasteiger partial charge in [-0.25, -0.2) is 18.4 Å². The Morgan fingerprint density at radius 3 is 2.51 bits per heavy atom. The molecule has 2 heterocycles. The summed E-state index contributed by atoms with van der Waals surface area (Å²) in [5, 5.41) is 8.68. The van der Waals surface area contributed by atoms with Crippen LogP contribution < -0.4 is 10.7 Å². The van der Waals surface area contributed by atoms with Gasteiger partial charge in [0.2, 0.25) is 0 Å². The lowest BCUT2D eigenvalue weighted by Crippen LogP contribution is -2.47. The fourth-order valence-corrected chi connectivity index (χ4v) is 5.42. The van der Waals surface area contributed by atoms with E-state index in [1.165, 1.54) is 55.7 Å². The van der Waals surface area contributed by atoms with Crippen LogP contribution in [0.25, 0.3) is 22.2 Å². The number of guanidine groups is 1. The van der Waals surface area contributed by atoms with Crippen LogP contribution in [0.3, 0.4) is 0 Å². The fraction of sp³-hybridized carbons (Fsp3) is 0.312. The highest BCUT2D eigenvalue weighted by Gasteiger charge is 2.65. The number of pyridine rings is 1. The van der Waals surface area contributed by atoms with Crippen LogP contribution in [-0.2, 0) is 4.74 Å². The van der Waals surface area contributed by atoms with Crippen molar-refractivity contribution in [1.29, 1.82) is 0 Å². The van der Waals surface area contributed by atoms with Gasteiger partial charge in [0.05, 0.1) is 40.8 Å². The molecule has 1 aliphatic rings. The number of carbonyl (C=O) groups is 1. The fourth-order valence-electron chi connectivity index (χ4n) is 5.20. The summed E-state index contributed by atoms with van der Waals surface area (Å²) < 4.78 is 101. The number of ether oxygens (including phenoxy) is 1. The summed E-state index contributed by atoms with van der Waals surface area (Å²) in [6.07, 6.45) is -4.97. The zero-order valence-corrected chi connectivity index (χ0v) is 27.4. The van der Waals surface area contributed by atoms with Crippen molar-refractivity contribution in [2.75, 3.05) is 25.2 Å². The molecule has 2 N–H and O–H groups in total. The van der Waals surface area contributed by atoms with E-state index >= 15 is 0 Å². The first kappa shape index (κ1) is 37.2. The van der Waals surface area contributed by atoms with Crippen LogP contribution in [0.15, 0.2) is 76.0 Å². The second-order valence-electron chi connectivity index (χ2n) is 11.3. The number of hydrogen-bond donors (Lipinski definition) is 1. The number of alkyl halides is 7.